The zero-order valence-corrected chi connectivity index (χ0v) is 15.2. The number of sulfone groups is 1. The number of carbonyl (C=O) groups excluding carboxylic acids is 1. The standard InChI is InChI=1S/C20H24O3S/c1-15(2)13-17-9-11-18(12-10-17)20(16(3)21)14-24(22,23)19-7-5-4-6-8-19/h4-12,15,20H,13-14H2,1-3H3. The monoisotopic (exact) mass is 344 g/mol. The molecule has 2 aromatic rings. The summed E-state index contributed by atoms with van der Waals surface area (Å²) in [6, 6.07) is 16.0. The molecule has 0 aliphatic heterocycles. The molecule has 0 fully saturated rings. The van der Waals surface area contributed by atoms with E-state index in [4.69, 9.17) is 0 Å². The fourth-order valence-electron chi connectivity index (χ4n) is 2.75. The highest BCUT2D eigenvalue weighted by atomic mass is 32.2. The molecule has 0 amide bonds. The third-order valence-electron chi connectivity index (χ3n) is 4.01. The predicted molar refractivity (Wildman–Crippen MR) is 96.9 cm³/mol. The molecule has 0 bridgehead atoms. The first-order valence-corrected chi connectivity index (χ1v) is 9.82. The van der Waals surface area contributed by atoms with Crippen LogP contribution in [0.4, 0.5) is 0 Å². The highest BCUT2D eigenvalue weighted by molar-refractivity contribution is 7.91. The molecule has 0 aromatic heterocycles. The maximum atomic E-state index is 12.6. The molecule has 0 N–H and O–H groups in total. The summed E-state index contributed by atoms with van der Waals surface area (Å²) >= 11 is 0. The lowest BCUT2D eigenvalue weighted by Crippen LogP contribution is -2.20. The van der Waals surface area contributed by atoms with Crippen molar-refractivity contribution in [2.45, 2.75) is 38.0 Å². The fourth-order valence-corrected chi connectivity index (χ4v) is 4.38. The molecule has 0 aliphatic carbocycles. The van der Waals surface area contributed by atoms with E-state index in [1.807, 2.05) is 24.3 Å². The minimum absolute atomic E-state index is 0.133. The molecule has 0 aliphatic rings. The van der Waals surface area contributed by atoms with E-state index in [1.165, 1.54) is 12.5 Å². The average molecular weight is 344 g/mol. The number of benzene rings is 2. The Bertz CT molecular complexity index is 775. The van der Waals surface area contributed by atoms with Gasteiger partial charge in [0.15, 0.2) is 9.84 Å². The Hall–Kier alpha value is -1.94. The van der Waals surface area contributed by atoms with Gasteiger partial charge in [-0.1, -0.05) is 56.3 Å². The number of rotatable bonds is 7. The number of ketones is 1. The van der Waals surface area contributed by atoms with Gasteiger partial charge in [0.05, 0.1) is 16.6 Å². The lowest BCUT2D eigenvalue weighted by atomic mass is 9.94. The van der Waals surface area contributed by atoms with Gasteiger partial charge in [0.2, 0.25) is 0 Å². The molecule has 0 radical (unpaired) electrons. The quantitative estimate of drug-likeness (QED) is 0.762. The molecule has 4 heteroatoms. The maximum absolute atomic E-state index is 12.6. The van der Waals surface area contributed by atoms with Crippen molar-refractivity contribution in [2.75, 3.05) is 5.75 Å². The minimum atomic E-state index is -3.50. The second-order valence-corrected chi connectivity index (χ2v) is 8.63. The minimum Gasteiger partial charge on any atom is -0.299 e. The van der Waals surface area contributed by atoms with E-state index in [1.54, 1.807) is 30.3 Å². The summed E-state index contributed by atoms with van der Waals surface area (Å²) in [5.74, 6) is -0.414. The molecular weight excluding hydrogens is 320 g/mol. The summed E-state index contributed by atoms with van der Waals surface area (Å²) in [7, 11) is -3.50. The van der Waals surface area contributed by atoms with Gasteiger partial charge in [-0.25, -0.2) is 8.42 Å². The van der Waals surface area contributed by atoms with Gasteiger partial charge in [-0.3, -0.25) is 4.79 Å². The smallest absolute Gasteiger partial charge is 0.179 e. The van der Waals surface area contributed by atoms with Gasteiger partial charge in [0, 0.05) is 0 Å². The zero-order chi connectivity index (χ0) is 17.7. The van der Waals surface area contributed by atoms with Crippen LogP contribution in [0, 0.1) is 5.92 Å². The molecule has 2 rings (SSSR count). The van der Waals surface area contributed by atoms with Gasteiger partial charge in [-0.05, 0) is 42.5 Å². The van der Waals surface area contributed by atoms with Crippen molar-refractivity contribution in [3.8, 4) is 0 Å². The van der Waals surface area contributed by atoms with E-state index in [2.05, 4.69) is 13.8 Å². The summed E-state index contributed by atoms with van der Waals surface area (Å²) in [5.41, 5.74) is 1.96. The summed E-state index contributed by atoms with van der Waals surface area (Å²) in [6.45, 7) is 5.75. The summed E-state index contributed by atoms with van der Waals surface area (Å²) in [5, 5.41) is 0. The first-order valence-electron chi connectivity index (χ1n) is 8.16. The van der Waals surface area contributed by atoms with Crippen LogP contribution in [0.2, 0.25) is 0 Å². The lowest BCUT2D eigenvalue weighted by molar-refractivity contribution is -0.118. The van der Waals surface area contributed by atoms with Gasteiger partial charge < -0.3 is 0 Å². The molecule has 2 aromatic carbocycles. The number of hydrogen-bond acceptors (Lipinski definition) is 3. The Morgan fingerprint density at radius 3 is 2.04 bits per heavy atom. The Morgan fingerprint density at radius 2 is 1.54 bits per heavy atom. The number of Topliss-reactive ketones (excluding diaryl/α,β-unsaturated/α-hetero) is 1. The molecule has 1 atom stereocenters. The normalized spacial score (nSPS) is 13.0. The SMILES string of the molecule is CC(=O)C(CS(=O)(=O)c1ccccc1)c1ccc(CC(C)C)cc1. The van der Waals surface area contributed by atoms with Gasteiger partial charge >= 0.3 is 0 Å². The van der Waals surface area contributed by atoms with E-state index in [0.717, 1.165) is 12.0 Å². The average Bonchev–Trinajstić information content (AvgIpc) is 2.54. The van der Waals surface area contributed by atoms with E-state index in [-0.39, 0.29) is 16.4 Å². The number of hydrogen-bond donors (Lipinski definition) is 0. The third kappa shape index (κ3) is 4.78. The van der Waals surface area contributed by atoms with E-state index in [0.29, 0.717) is 5.92 Å². The van der Waals surface area contributed by atoms with Crippen LogP contribution in [0.1, 0.15) is 37.8 Å². The largest absolute Gasteiger partial charge is 0.299 e. The lowest BCUT2D eigenvalue weighted by Gasteiger charge is -2.16. The molecule has 24 heavy (non-hydrogen) atoms. The summed E-state index contributed by atoms with van der Waals surface area (Å²) in [4.78, 5) is 12.3. The van der Waals surface area contributed by atoms with Crippen molar-refractivity contribution in [3.63, 3.8) is 0 Å². The molecule has 0 heterocycles. The van der Waals surface area contributed by atoms with Crippen LogP contribution >= 0.6 is 0 Å². The van der Waals surface area contributed by atoms with E-state index < -0.39 is 15.8 Å². The topological polar surface area (TPSA) is 51.2 Å². The van der Waals surface area contributed by atoms with E-state index >= 15 is 0 Å². The van der Waals surface area contributed by atoms with Crippen LogP contribution in [0.15, 0.2) is 59.5 Å². The Balaban J connectivity index is 2.25. The third-order valence-corrected chi connectivity index (χ3v) is 5.77. The van der Waals surface area contributed by atoms with Crippen molar-refractivity contribution in [1.29, 1.82) is 0 Å². The second kappa shape index (κ2) is 7.75. The molecule has 0 saturated carbocycles. The van der Waals surface area contributed by atoms with E-state index in [9.17, 15) is 13.2 Å². The van der Waals surface area contributed by atoms with Crippen LogP contribution in [0.5, 0.6) is 0 Å². The van der Waals surface area contributed by atoms with Crippen LogP contribution in [-0.2, 0) is 21.1 Å². The summed E-state index contributed by atoms with van der Waals surface area (Å²) in [6.07, 6.45) is 0.966. The van der Waals surface area contributed by atoms with Gasteiger partial charge in [-0.15, -0.1) is 0 Å². The van der Waals surface area contributed by atoms with Crippen molar-refractivity contribution in [2.24, 2.45) is 5.92 Å². The summed E-state index contributed by atoms with van der Waals surface area (Å²) < 4.78 is 25.2. The van der Waals surface area contributed by atoms with Gasteiger partial charge in [-0.2, -0.15) is 0 Å². The van der Waals surface area contributed by atoms with Crippen LogP contribution in [-0.4, -0.2) is 20.0 Å². The molecular formula is C20H24O3S. The van der Waals surface area contributed by atoms with Crippen LogP contribution in [0.3, 0.4) is 0 Å². The van der Waals surface area contributed by atoms with Crippen molar-refractivity contribution in [1.82, 2.24) is 0 Å². The second-order valence-electron chi connectivity index (χ2n) is 6.60. The Kier molecular flexibility index (Phi) is 5.94. The number of carbonyl (C=O) groups is 1. The van der Waals surface area contributed by atoms with Crippen LogP contribution < -0.4 is 0 Å². The van der Waals surface area contributed by atoms with Gasteiger partial charge in [0.1, 0.15) is 5.78 Å². The predicted octanol–water partition coefficient (Wildman–Crippen LogP) is 4.03. The van der Waals surface area contributed by atoms with Crippen LogP contribution in [0.25, 0.3) is 0 Å². The molecule has 0 saturated heterocycles. The maximum Gasteiger partial charge on any atom is 0.179 e. The first-order chi connectivity index (χ1) is 11.3. The van der Waals surface area contributed by atoms with Gasteiger partial charge in [0.25, 0.3) is 0 Å². The van der Waals surface area contributed by atoms with Crippen molar-refractivity contribution >= 4 is 15.6 Å². The first kappa shape index (κ1) is 18.4. The molecule has 0 spiro atoms. The molecule has 3 nitrogen and oxygen atoms in total. The highest BCUT2D eigenvalue weighted by Crippen LogP contribution is 2.24. The highest BCUT2D eigenvalue weighted by Gasteiger charge is 2.25. The Morgan fingerprint density at radius 1 is 0.958 bits per heavy atom. The fraction of sp³-hybridized carbons (Fsp3) is 0.350. The zero-order valence-electron chi connectivity index (χ0n) is 14.4. The Labute approximate surface area is 144 Å². The molecule has 128 valence electrons. The molecule has 1 unspecified atom stereocenters. The van der Waals surface area contributed by atoms with Crippen molar-refractivity contribution in [3.05, 3.63) is 65.7 Å². The van der Waals surface area contributed by atoms with Crippen molar-refractivity contribution < 1.29 is 13.2 Å².